The van der Waals surface area contributed by atoms with Crippen molar-refractivity contribution in [3.8, 4) is 0 Å². The lowest BCUT2D eigenvalue weighted by atomic mass is 9.83. The zero-order chi connectivity index (χ0) is 10.9. The highest BCUT2D eigenvalue weighted by atomic mass is 35.5. The third kappa shape index (κ3) is 2.66. The Bertz CT molecular complexity index is 222. The van der Waals surface area contributed by atoms with E-state index in [9.17, 15) is 0 Å². The molecule has 88 valence electrons. The second kappa shape index (κ2) is 4.23. The lowest BCUT2D eigenvalue weighted by Gasteiger charge is -2.29. The van der Waals surface area contributed by atoms with Crippen LogP contribution in [0.1, 0.15) is 39.5 Å². The Morgan fingerprint density at radius 3 is 2.60 bits per heavy atom. The molecule has 3 heteroatoms. The number of ether oxygens (including phenoxy) is 2. The van der Waals surface area contributed by atoms with Gasteiger partial charge in [-0.15, -0.1) is 11.6 Å². The Balaban J connectivity index is 1.91. The highest BCUT2D eigenvalue weighted by Crippen LogP contribution is 2.40. The summed E-state index contributed by atoms with van der Waals surface area (Å²) in [7, 11) is 0. The molecule has 0 saturated carbocycles. The number of hydrogen-bond acceptors (Lipinski definition) is 2. The van der Waals surface area contributed by atoms with Crippen LogP contribution in [-0.2, 0) is 9.47 Å². The molecule has 2 nitrogen and oxygen atoms in total. The molecule has 0 N–H and O–H groups in total. The van der Waals surface area contributed by atoms with Crippen molar-refractivity contribution in [1.82, 2.24) is 0 Å². The molecule has 0 amide bonds. The zero-order valence-electron chi connectivity index (χ0n) is 9.72. The van der Waals surface area contributed by atoms with Gasteiger partial charge in [0, 0.05) is 17.9 Å². The molecule has 2 heterocycles. The molecule has 2 unspecified atom stereocenters. The Labute approximate surface area is 97.3 Å². The van der Waals surface area contributed by atoms with Crippen LogP contribution in [0, 0.1) is 5.41 Å². The van der Waals surface area contributed by atoms with Crippen LogP contribution in [0.5, 0.6) is 0 Å². The molecule has 15 heavy (non-hydrogen) atoms. The predicted molar refractivity (Wildman–Crippen MR) is 61.4 cm³/mol. The monoisotopic (exact) mass is 232 g/mol. The van der Waals surface area contributed by atoms with Gasteiger partial charge in [0.1, 0.15) is 0 Å². The van der Waals surface area contributed by atoms with Gasteiger partial charge in [0.2, 0.25) is 0 Å². The van der Waals surface area contributed by atoms with E-state index in [1.54, 1.807) is 0 Å². The summed E-state index contributed by atoms with van der Waals surface area (Å²) < 4.78 is 11.5. The first-order chi connectivity index (χ1) is 7.05. The van der Waals surface area contributed by atoms with E-state index in [0.717, 1.165) is 32.5 Å². The summed E-state index contributed by atoms with van der Waals surface area (Å²) in [5.41, 5.74) is 0.254. The van der Waals surface area contributed by atoms with Crippen molar-refractivity contribution in [1.29, 1.82) is 0 Å². The maximum absolute atomic E-state index is 6.08. The van der Waals surface area contributed by atoms with Gasteiger partial charge in [-0.3, -0.25) is 0 Å². The molecule has 2 aliphatic heterocycles. The molecule has 0 aromatic carbocycles. The van der Waals surface area contributed by atoms with Crippen molar-refractivity contribution in [2.45, 2.75) is 51.2 Å². The average Bonchev–Trinajstić information content (AvgIpc) is 2.75. The standard InChI is InChI=1S/C12H21ClO2/c1-11(2)4-3-10(15-11)7-12(8-13)5-6-14-9-12/h10H,3-9H2,1-2H3. The number of halogens is 1. The van der Waals surface area contributed by atoms with E-state index in [0.29, 0.717) is 12.0 Å². The third-order valence-corrected chi connectivity index (χ3v) is 4.25. The van der Waals surface area contributed by atoms with E-state index in [1.165, 1.54) is 6.42 Å². The summed E-state index contributed by atoms with van der Waals surface area (Å²) in [5.74, 6) is 0.702. The summed E-state index contributed by atoms with van der Waals surface area (Å²) in [4.78, 5) is 0. The first kappa shape index (κ1) is 11.7. The van der Waals surface area contributed by atoms with Crippen LogP contribution in [0.15, 0.2) is 0 Å². The van der Waals surface area contributed by atoms with Crippen LogP contribution in [-0.4, -0.2) is 30.8 Å². The minimum Gasteiger partial charge on any atom is -0.381 e. The summed E-state index contributed by atoms with van der Waals surface area (Å²) in [6.45, 7) is 6.02. The van der Waals surface area contributed by atoms with Gasteiger partial charge < -0.3 is 9.47 Å². The summed E-state index contributed by atoms with van der Waals surface area (Å²) in [5, 5.41) is 0. The lowest BCUT2D eigenvalue weighted by Crippen LogP contribution is -2.30. The Hall–Kier alpha value is 0.210. The van der Waals surface area contributed by atoms with Crippen LogP contribution in [0.3, 0.4) is 0 Å². The third-order valence-electron chi connectivity index (χ3n) is 3.68. The molecule has 2 atom stereocenters. The largest absolute Gasteiger partial charge is 0.381 e. The van der Waals surface area contributed by atoms with Gasteiger partial charge in [0.25, 0.3) is 0 Å². The minimum absolute atomic E-state index is 0.0671. The van der Waals surface area contributed by atoms with Crippen molar-refractivity contribution in [2.75, 3.05) is 19.1 Å². The van der Waals surface area contributed by atoms with E-state index >= 15 is 0 Å². The van der Waals surface area contributed by atoms with Gasteiger partial charge in [0.05, 0.1) is 18.3 Å². The Kier molecular flexibility index (Phi) is 3.30. The van der Waals surface area contributed by atoms with Crippen molar-refractivity contribution in [3.63, 3.8) is 0 Å². The summed E-state index contributed by atoms with van der Waals surface area (Å²) in [6.07, 6.45) is 4.89. The van der Waals surface area contributed by atoms with Crippen molar-refractivity contribution in [3.05, 3.63) is 0 Å². The topological polar surface area (TPSA) is 18.5 Å². The van der Waals surface area contributed by atoms with Crippen LogP contribution in [0.2, 0.25) is 0 Å². The molecule has 0 aromatic heterocycles. The zero-order valence-corrected chi connectivity index (χ0v) is 10.5. The van der Waals surface area contributed by atoms with Gasteiger partial charge in [0.15, 0.2) is 0 Å². The smallest absolute Gasteiger partial charge is 0.0631 e. The van der Waals surface area contributed by atoms with Crippen LogP contribution in [0.25, 0.3) is 0 Å². The van der Waals surface area contributed by atoms with Crippen molar-refractivity contribution in [2.24, 2.45) is 5.41 Å². The lowest BCUT2D eigenvalue weighted by molar-refractivity contribution is -0.0341. The Morgan fingerprint density at radius 1 is 1.33 bits per heavy atom. The second-order valence-electron chi connectivity index (χ2n) is 5.68. The summed E-state index contributed by atoms with van der Waals surface area (Å²) in [6, 6.07) is 0. The summed E-state index contributed by atoms with van der Waals surface area (Å²) >= 11 is 6.08. The highest BCUT2D eigenvalue weighted by molar-refractivity contribution is 6.18. The molecule has 0 radical (unpaired) electrons. The van der Waals surface area contributed by atoms with Crippen LogP contribution >= 0.6 is 11.6 Å². The molecule has 0 aromatic rings. The van der Waals surface area contributed by atoms with Gasteiger partial charge in [-0.2, -0.15) is 0 Å². The van der Waals surface area contributed by atoms with E-state index in [4.69, 9.17) is 21.1 Å². The van der Waals surface area contributed by atoms with Gasteiger partial charge in [-0.1, -0.05) is 0 Å². The first-order valence-corrected chi connectivity index (χ1v) is 6.40. The molecule has 0 spiro atoms. The number of alkyl halides is 1. The molecule has 0 bridgehead atoms. The van der Waals surface area contributed by atoms with Crippen LogP contribution < -0.4 is 0 Å². The Morgan fingerprint density at radius 2 is 2.13 bits per heavy atom. The first-order valence-electron chi connectivity index (χ1n) is 5.87. The quantitative estimate of drug-likeness (QED) is 0.697. The molecular formula is C12H21ClO2. The van der Waals surface area contributed by atoms with E-state index in [1.807, 2.05) is 0 Å². The van der Waals surface area contributed by atoms with Crippen LogP contribution in [0.4, 0.5) is 0 Å². The molecule has 2 saturated heterocycles. The van der Waals surface area contributed by atoms with E-state index < -0.39 is 0 Å². The number of rotatable bonds is 3. The molecule has 2 rings (SSSR count). The van der Waals surface area contributed by atoms with Crippen molar-refractivity contribution < 1.29 is 9.47 Å². The number of hydrogen-bond donors (Lipinski definition) is 0. The predicted octanol–water partition coefficient (Wildman–Crippen LogP) is 2.98. The normalized spacial score (nSPS) is 39.8. The molecule has 2 fully saturated rings. The fraction of sp³-hybridized carbons (Fsp3) is 1.00. The fourth-order valence-corrected chi connectivity index (χ4v) is 2.99. The van der Waals surface area contributed by atoms with Gasteiger partial charge in [-0.05, 0) is 39.5 Å². The van der Waals surface area contributed by atoms with Gasteiger partial charge in [-0.25, -0.2) is 0 Å². The SMILES string of the molecule is CC1(C)CCC(CC2(CCl)CCOC2)O1. The second-order valence-corrected chi connectivity index (χ2v) is 5.95. The van der Waals surface area contributed by atoms with Gasteiger partial charge >= 0.3 is 0 Å². The molecule has 0 aliphatic carbocycles. The average molecular weight is 233 g/mol. The van der Waals surface area contributed by atoms with E-state index in [2.05, 4.69) is 13.8 Å². The van der Waals surface area contributed by atoms with Crippen molar-refractivity contribution >= 4 is 11.6 Å². The fourth-order valence-electron chi connectivity index (χ4n) is 2.67. The minimum atomic E-state index is 0.0671. The van der Waals surface area contributed by atoms with E-state index in [-0.39, 0.29) is 11.0 Å². The maximum atomic E-state index is 6.08. The molecular weight excluding hydrogens is 212 g/mol. The molecule has 2 aliphatic rings. The maximum Gasteiger partial charge on any atom is 0.0631 e. The highest BCUT2D eigenvalue weighted by Gasteiger charge is 2.40.